The lowest BCUT2D eigenvalue weighted by Gasteiger charge is -2.19. The minimum atomic E-state index is 1.08. The normalized spacial score (nSPS) is 10.5. The zero-order valence-electron chi connectivity index (χ0n) is 11.5. The van der Waals surface area contributed by atoms with Crippen LogP contribution in [0.2, 0.25) is 0 Å². The first kappa shape index (κ1) is 14.0. The molecular weight excluding hydrogens is 208 g/mol. The molecule has 0 aliphatic heterocycles. The molecule has 0 atom stereocenters. The average molecular weight is 234 g/mol. The van der Waals surface area contributed by atoms with Crippen molar-refractivity contribution in [2.75, 3.05) is 31.6 Å². The van der Waals surface area contributed by atoms with Crippen molar-refractivity contribution < 1.29 is 0 Å². The summed E-state index contributed by atoms with van der Waals surface area (Å²) in [5.41, 5.74) is 2.74. The van der Waals surface area contributed by atoms with E-state index in [2.05, 4.69) is 55.4 Å². The third-order valence-electron chi connectivity index (χ3n) is 3.13. The summed E-state index contributed by atoms with van der Waals surface area (Å²) in [6.45, 7) is 7.70. The van der Waals surface area contributed by atoms with Gasteiger partial charge in [0, 0.05) is 19.3 Å². The van der Waals surface area contributed by atoms with Gasteiger partial charge in [0.15, 0.2) is 0 Å². The summed E-state index contributed by atoms with van der Waals surface area (Å²) >= 11 is 0. The highest BCUT2D eigenvalue weighted by molar-refractivity contribution is 5.46. The van der Waals surface area contributed by atoms with Gasteiger partial charge in [-0.15, -0.1) is 0 Å². The van der Waals surface area contributed by atoms with Crippen LogP contribution in [0.3, 0.4) is 0 Å². The van der Waals surface area contributed by atoms with E-state index in [0.29, 0.717) is 0 Å². The molecule has 17 heavy (non-hydrogen) atoms. The van der Waals surface area contributed by atoms with Crippen LogP contribution < -0.4 is 10.2 Å². The number of rotatable bonds is 8. The Hall–Kier alpha value is -1.02. The molecule has 0 amide bonds. The Morgan fingerprint density at radius 1 is 1.06 bits per heavy atom. The van der Waals surface area contributed by atoms with E-state index in [0.717, 1.165) is 26.1 Å². The van der Waals surface area contributed by atoms with Gasteiger partial charge in [-0.3, -0.25) is 0 Å². The summed E-state index contributed by atoms with van der Waals surface area (Å²) < 4.78 is 0. The van der Waals surface area contributed by atoms with E-state index in [-0.39, 0.29) is 0 Å². The van der Waals surface area contributed by atoms with Crippen LogP contribution in [0.1, 0.15) is 32.3 Å². The second-order valence-corrected chi connectivity index (χ2v) is 4.50. The Morgan fingerprint density at radius 2 is 1.76 bits per heavy atom. The molecule has 1 rings (SSSR count). The van der Waals surface area contributed by atoms with E-state index in [9.17, 15) is 0 Å². The SMILES string of the molecule is CCNCCCCN(C)c1ccc(CC)cc1. The van der Waals surface area contributed by atoms with Gasteiger partial charge in [-0.2, -0.15) is 0 Å². The fourth-order valence-electron chi connectivity index (χ4n) is 1.89. The van der Waals surface area contributed by atoms with Gasteiger partial charge in [-0.05, 0) is 50.0 Å². The third-order valence-corrected chi connectivity index (χ3v) is 3.13. The molecular formula is C15H26N2. The molecule has 0 saturated carbocycles. The van der Waals surface area contributed by atoms with Crippen molar-refractivity contribution in [2.45, 2.75) is 33.1 Å². The molecule has 0 saturated heterocycles. The Balaban J connectivity index is 2.28. The Kier molecular flexibility index (Phi) is 6.71. The molecule has 96 valence electrons. The first-order valence-corrected chi connectivity index (χ1v) is 6.78. The summed E-state index contributed by atoms with van der Waals surface area (Å²) in [6.07, 6.45) is 3.62. The van der Waals surface area contributed by atoms with Crippen LogP contribution >= 0.6 is 0 Å². The molecule has 0 fully saturated rings. The number of benzene rings is 1. The van der Waals surface area contributed by atoms with Crippen LogP contribution in [0.5, 0.6) is 0 Å². The van der Waals surface area contributed by atoms with E-state index < -0.39 is 0 Å². The molecule has 1 aromatic carbocycles. The summed E-state index contributed by atoms with van der Waals surface area (Å²) in [7, 11) is 2.17. The zero-order valence-corrected chi connectivity index (χ0v) is 11.5. The molecule has 2 heteroatoms. The van der Waals surface area contributed by atoms with Crippen LogP contribution in [-0.2, 0) is 6.42 Å². The van der Waals surface area contributed by atoms with Crippen LogP contribution in [0.4, 0.5) is 5.69 Å². The number of unbranched alkanes of at least 4 members (excludes halogenated alkanes) is 1. The lowest BCUT2D eigenvalue weighted by Crippen LogP contribution is -2.20. The van der Waals surface area contributed by atoms with Gasteiger partial charge in [0.1, 0.15) is 0 Å². The highest BCUT2D eigenvalue weighted by atomic mass is 15.1. The Morgan fingerprint density at radius 3 is 2.35 bits per heavy atom. The van der Waals surface area contributed by atoms with Crippen molar-refractivity contribution >= 4 is 5.69 Å². The molecule has 0 heterocycles. The van der Waals surface area contributed by atoms with E-state index in [1.807, 2.05) is 0 Å². The smallest absolute Gasteiger partial charge is 0.0363 e. The fourth-order valence-corrected chi connectivity index (χ4v) is 1.89. The predicted molar refractivity (Wildman–Crippen MR) is 76.9 cm³/mol. The van der Waals surface area contributed by atoms with E-state index in [1.54, 1.807) is 0 Å². The van der Waals surface area contributed by atoms with Crippen LogP contribution in [-0.4, -0.2) is 26.7 Å². The molecule has 1 N–H and O–H groups in total. The average Bonchev–Trinajstić information content (AvgIpc) is 2.38. The summed E-state index contributed by atoms with van der Waals surface area (Å²) in [4.78, 5) is 2.34. The number of hydrogen-bond donors (Lipinski definition) is 1. The standard InChI is InChI=1S/C15H26N2/c1-4-14-8-10-15(11-9-14)17(3)13-7-6-12-16-5-2/h8-11,16H,4-7,12-13H2,1-3H3. The molecule has 0 bridgehead atoms. The molecule has 0 radical (unpaired) electrons. The fraction of sp³-hybridized carbons (Fsp3) is 0.600. The maximum Gasteiger partial charge on any atom is 0.0363 e. The largest absolute Gasteiger partial charge is 0.375 e. The monoisotopic (exact) mass is 234 g/mol. The quantitative estimate of drug-likeness (QED) is 0.695. The highest BCUT2D eigenvalue weighted by Crippen LogP contribution is 2.14. The van der Waals surface area contributed by atoms with Crippen molar-refractivity contribution in [3.05, 3.63) is 29.8 Å². The van der Waals surface area contributed by atoms with Gasteiger partial charge in [0.05, 0.1) is 0 Å². The van der Waals surface area contributed by atoms with Crippen molar-refractivity contribution in [3.63, 3.8) is 0 Å². The number of anilines is 1. The Bertz CT molecular complexity index is 292. The van der Waals surface area contributed by atoms with Gasteiger partial charge in [-0.25, -0.2) is 0 Å². The van der Waals surface area contributed by atoms with Gasteiger partial charge in [-0.1, -0.05) is 26.0 Å². The van der Waals surface area contributed by atoms with Crippen LogP contribution in [0, 0.1) is 0 Å². The van der Waals surface area contributed by atoms with Crippen LogP contribution in [0.25, 0.3) is 0 Å². The maximum atomic E-state index is 3.36. The maximum absolute atomic E-state index is 3.36. The molecule has 0 aliphatic carbocycles. The first-order valence-electron chi connectivity index (χ1n) is 6.78. The van der Waals surface area contributed by atoms with Gasteiger partial charge >= 0.3 is 0 Å². The van der Waals surface area contributed by atoms with Crippen molar-refractivity contribution in [3.8, 4) is 0 Å². The molecule has 0 unspecified atom stereocenters. The molecule has 0 aliphatic rings. The number of nitrogens with one attached hydrogen (secondary N) is 1. The first-order chi connectivity index (χ1) is 8.27. The highest BCUT2D eigenvalue weighted by Gasteiger charge is 2.00. The number of aryl methyl sites for hydroxylation is 1. The van der Waals surface area contributed by atoms with Gasteiger partial charge in [0.2, 0.25) is 0 Å². The molecule has 0 aromatic heterocycles. The predicted octanol–water partition coefficient (Wildman–Crippen LogP) is 3.07. The van der Waals surface area contributed by atoms with E-state index >= 15 is 0 Å². The minimum absolute atomic E-state index is 1.08. The second-order valence-electron chi connectivity index (χ2n) is 4.50. The van der Waals surface area contributed by atoms with Gasteiger partial charge < -0.3 is 10.2 Å². The van der Waals surface area contributed by atoms with E-state index in [4.69, 9.17) is 0 Å². The summed E-state index contributed by atoms with van der Waals surface area (Å²) in [5.74, 6) is 0. The van der Waals surface area contributed by atoms with Gasteiger partial charge in [0.25, 0.3) is 0 Å². The molecule has 0 spiro atoms. The molecule has 2 nitrogen and oxygen atoms in total. The zero-order chi connectivity index (χ0) is 12.5. The minimum Gasteiger partial charge on any atom is -0.375 e. The third kappa shape index (κ3) is 5.22. The summed E-state index contributed by atoms with van der Waals surface area (Å²) in [5, 5.41) is 3.36. The lowest BCUT2D eigenvalue weighted by molar-refractivity contribution is 0.638. The summed E-state index contributed by atoms with van der Waals surface area (Å²) in [6, 6.07) is 8.90. The van der Waals surface area contributed by atoms with Crippen molar-refractivity contribution in [1.82, 2.24) is 5.32 Å². The number of hydrogen-bond acceptors (Lipinski definition) is 2. The number of nitrogens with zero attached hydrogens (tertiary/aromatic N) is 1. The van der Waals surface area contributed by atoms with Crippen molar-refractivity contribution in [2.24, 2.45) is 0 Å². The lowest BCUT2D eigenvalue weighted by atomic mass is 10.1. The molecule has 1 aromatic rings. The Labute approximate surface area is 106 Å². The van der Waals surface area contributed by atoms with Crippen molar-refractivity contribution in [1.29, 1.82) is 0 Å². The van der Waals surface area contributed by atoms with E-state index in [1.165, 1.54) is 24.1 Å². The topological polar surface area (TPSA) is 15.3 Å². The van der Waals surface area contributed by atoms with Crippen LogP contribution in [0.15, 0.2) is 24.3 Å². The second kappa shape index (κ2) is 8.13.